The van der Waals surface area contributed by atoms with Crippen LogP contribution in [0.4, 0.5) is 0 Å². The molecule has 1 saturated heterocycles. The summed E-state index contributed by atoms with van der Waals surface area (Å²) in [7, 11) is 0. The van der Waals surface area contributed by atoms with Crippen LogP contribution in [-0.4, -0.2) is 46.2 Å². The molecule has 2 saturated carbocycles. The van der Waals surface area contributed by atoms with Gasteiger partial charge in [-0.3, -0.25) is 4.79 Å². The first-order valence-electron chi connectivity index (χ1n) is 16.9. The van der Waals surface area contributed by atoms with Crippen molar-refractivity contribution in [1.82, 2.24) is 5.32 Å². The van der Waals surface area contributed by atoms with Gasteiger partial charge >= 0.3 is 11.9 Å². The number of hydrogen-bond acceptors (Lipinski definition) is 5. The molecule has 1 amide bonds. The van der Waals surface area contributed by atoms with Gasteiger partial charge in [-0.2, -0.15) is 0 Å². The molecule has 1 aromatic carbocycles. The lowest BCUT2D eigenvalue weighted by Crippen LogP contribution is -2.50. The van der Waals surface area contributed by atoms with E-state index in [0.717, 1.165) is 31.7 Å². The van der Waals surface area contributed by atoms with E-state index >= 15 is 0 Å². The van der Waals surface area contributed by atoms with Crippen LogP contribution in [0.2, 0.25) is 0 Å². The summed E-state index contributed by atoms with van der Waals surface area (Å²) in [5, 5.41) is 20.6. The van der Waals surface area contributed by atoms with Crippen molar-refractivity contribution in [1.29, 1.82) is 0 Å². The summed E-state index contributed by atoms with van der Waals surface area (Å²) in [4.78, 5) is 33.7. The number of amides is 1. The first-order chi connectivity index (χ1) is 20.6. The molecular formula is C35H57N3O5. The summed E-state index contributed by atoms with van der Waals surface area (Å²) in [6, 6.07) is 6.24. The molecule has 8 nitrogen and oxygen atoms in total. The molecule has 3 fully saturated rings. The van der Waals surface area contributed by atoms with Crippen LogP contribution in [0.15, 0.2) is 24.3 Å². The Bertz CT molecular complexity index is 977. The maximum absolute atomic E-state index is 12.9. The molecule has 0 radical (unpaired) electrons. The van der Waals surface area contributed by atoms with Crippen LogP contribution in [0.3, 0.4) is 0 Å². The molecule has 4 rings (SSSR count). The molecule has 7 unspecified atom stereocenters. The molecule has 1 aliphatic heterocycles. The highest BCUT2D eigenvalue weighted by atomic mass is 16.4. The van der Waals surface area contributed by atoms with Crippen molar-refractivity contribution < 1.29 is 24.6 Å². The lowest BCUT2D eigenvalue weighted by molar-refractivity contribution is -0.123. The highest BCUT2D eigenvalue weighted by Gasteiger charge is 2.41. The lowest BCUT2D eigenvalue weighted by atomic mass is 9.62. The Hall–Kier alpha value is -2.45. The molecule has 1 aromatic rings. The first-order valence-corrected chi connectivity index (χ1v) is 16.9. The third kappa shape index (κ3) is 11.2. The molecule has 43 heavy (non-hydrogen) atoms. The molecular weight excluding hydrogens is 542 g/mol. The van der Waals surface area contributed by atoms with Gasteiger partial charge in [-0.05, 0) is 99.2 Å². The molecule has 3 aliphatic rings. The monoisotopic (exact) mass is 599 g/mol. The van der Waals surface area contributed by atoms with Gasteiger partial charge in [0.1, 0.15) is 0 Å². The van der Waals surface area contributed by atoms with Gasteiger partial charge < -0.3 is 27.0 Å². The fourth-order valence-electron chi connectivity index (χ4n) is 7.80. The van der Waals surface area contributed by atoms with Gasteiger partial charge in [-0.25, -0.2) is 9.59 Å². The van der Waals surface area contributed by atoms with E-state index in [1.54, 1.807) is 0 Å². The fourth-order valence-corrected chi connectivity index (χ4v) is 7.80. The van der Waals surface area contributed by atoms with Gasteiger partial charge in [0, 0.05) is 24.5 Å². The molecule has 0 spiro atoms. The Balaban J connectivity index is 0.000000353. The van der Waals surface area contributed by atoms with Gasteiger partial charge in [-0.1, -0.05) is 64.9 Å². The third-order valence-electron chi connectivity index (χ3n) is 10.5. The van der Waals surface area contributed by atoms with E-state index in [9.17, 15) is 14.4 Å². The zero-order valence-corrected chi connectivity index (χ0v) is 26.5. The molecule has 0 bridgehead atoms. The Kier molecular flexibility index (Phi) is 14.5. The highest BCUT2D eigenvalue weighted by molar-refractivity contribution is 5.93. The van der Waals surface area contributed by atoms with E-state index in [0.29, 0.717) is 60.0 Å². The van der Waals surface area contributed by atoms with Gasteiger partial charge in [0.25, 0.3) is 0 Å². The first kappa shape index (κ1) is 35.0. The summed E-state index contributed by atoms with van der Waals surface area (Å²) < 4.78 is 0. The summed E-state index contributed by atoms with van der Waals surface area (Å²) in [6.45, 7) is 4.69. The molecule has 1 heterocycles. The summed E-state index contributed by atoms with van der Waals surface area (Å²) in [6.07, 6.45) is 19.3. The Morgan fingerprint density at radius 1 is 0.744 bits per heavy atom. The normalized spacial score (nSPS) is 31.9. The van der Waals surface area contributed by atoms with Gasteiger partial charge in [0.2, 0.25) is 5.91 Å². The molecule has 7 atom stereocenters. The van der Waals surface area contributed by atoms with Crippen molar-refractivity contribution >= 4 is 17.8 Å². The molecule has 8 heteroatoms. The largest absolute Gasteiger partial charge is 0.478 e. The number of carboxylic acids is 2. The Morgan fingerprint density at radius 2 is 1.21 bits per heavy atom. The van der Waals surface area contributed by atoms with Crippen LogP contribution < -0.4 is 16.8 Å². The molecule has 0 aromatic heterocycles. The van der Waals surface area contributed by atoms with E-state index in [-0.39, 0.29) is 11.1 Å². The third-order valence-corrected chi connectivity index (χ3v) is 10.5. The maximum atomic E-state index is 12.9. The van der Waals surface area contributed by atoms with Crippen molar-refractivity contribution in [3.8, 4) is 0 Å². The highest BCUT2D eigenvalue weighted by Crippen LogP contribution is 2.45. The van der Waals surface area contributed by atoms with E-state index in [1.165, 1.54) is 88.8 Å². The van der Waals surface area contributed by atoms with Crippen LogP contribution in [0.5, 0.6) is 0 Å². The predicted molar refractivity (Wildman–Crippen MR) is 171 cm³/mol. The number of hydrogen-bond donors (Lipinski definition) is 5. The van der Waals surface area contributed by atoms with Crippen molar-refractivity contribution in [3.63, 3.8) is 0 Å². The van der Waals surface area contributed by atoms with E-state index in [1.807, 2.05) is 0 Å². The maximum Gasteiger partial charge on any atom is 0.335 e. The zero-order valence-electron chi connectivity index (χ0n) is 26.5. The molecule has 242 valence electrons. The smallest absolute Gasteiger partial charge is 0.335 e. The minimum Gasteiger partial charge on any atom is -0.478 e. The van der Waals surface area contributed by atoms with E-state index < -0.39 is 11.9 Å². The minimum atomic E-state index is -1.13. The Labute approximate surface area is 258 Å². The lowest BCUT2D eigenvalue weighted by Gasteiger charge is -2.46. The second-order valence-electron chi connectivity index (χ2n) is 13.7. The van der Waals surface area contributed by atoms with Crippen molar-refractivity contribution in [2.75, 3.05) is 0 Å². The average molecular weight is 600 g/mol. The quantitative estimate of drug-likeness (QED) is 0.255. The molecule has 7 N–H and O–H groups in total. The van der Waals surface area contributed by atoms with Crippen LogP contribution in [0.25, 0.3) is 0 Å². The number of benzene rings is 1. The second kappa shape index (κ2) is 17.7. The zero-order chi connectivity index (χ0) is 31.4. The number of carbonyl (C=O) groups is 3. The molecule has 2 aliphatic carbocycles. The Morgan fingerprint density at radius 3 is 1.67 bits per heavy atom. The van der Waals surface area contributed by atoms with Crippen molar-refractivity contribution in [3.05, 3.63) is 35.4 Å². The summed E-state index contributed by atoms with van der Waals surface area (Å²) in [5.41, 5.74) is 12.8. The number of carboxylic acid groups (broad SMARTS) is 2. The number of aromatic carboxylic acids is 2. The summed E-state index contributed by atoms with van der Waals surface area (Å²) in [5.74, 6) is 1.22. The van der Waals surface area contributed by atoms with Crippen molar-refractivity contribution in [2.24, 2.45) is 41.1 Å². The predicted octanol–water partition coefficient (Wildman–Crippen LogP) is 6.61. The fraction of sp³-hybridized carbons (Fsp3) is 0.743. The minimum absolute atomic E-state index is 0.0186. The van der Waals surface area contributed by atoms with Crippen molar-refractivity contribution in [2.45, 2.75) is 135 Å². The number of carbonyl (C=O) groups excluding carboxylic acids is 1. The number of rotatable bonds is 5. The number of nitrogens with two attached hydrogens (primary N) is 2. The topological polar surface area (TPSA) is 156 Å². The standard InChI is InChI=1S/C27H51N3O.C8H6O4/c1-19-17-21(13-15-23(19)28)27(22-14-16-24(29)20(2)18-22)25-11-9-7-5-3-4-6-8-10-12-26(31)30-25;9-7(10)5-2-1-3-6(4-5)8(11)12/h19-25,27H,3-18,28-29H2,1-2H3,(H,30,31);1-4H,(H,9,10)(H,11,12). The number of nitrogens with one attached hydrogen (secondary N) is 1. The SMILES string of the molecule is CC1CC(C(C2CCC(N)C(C)C2)C2CCCCCCCCCCC(=O)N2)CCC1N.O=C(O)c1cccc(C(=O)O)c1. The van der Waals surface area contributed by atoms with Gasteiger partial charge in [-0.15, -0.1) is 0 Å². The van der Waals surface area contributed by atoms with Gasteiger partial charge in [0.15, 0.2) is 0 Å². The average Bonchev–Trinajstić information content (AvgIpc) is 2.99. The van der Waals surface area contributed by atoms with Crippen LogP contribution in [0, 0.1) is 29.6 Å². The van der Waals surface area contributed by atoms with Crippen LogP contribution >= 0.6 is 0 Å². The second-order valence-corrected chi connectivity index (χ2v) is 13.7. The summed E-state index contributed by atoms with van der Waals surface area (Å²) >= 11 is 0. The van der Waals surface area contributed by atoms with Crippen LogP contribution in [0.1, 0.15) is 137 Å². The van der Waals surface area contributed by atoms with Crippen LogP contribution in [-0.2, 0) is 4.79 Å². The van der Waals surface area contributed by atoms with Gasteiger partial charge in [0.05, 0.1) is 11.1 Å². The van der Waals surface area contributed by atoms with E-state index in [4.69, 9.17) is 21.7 Å². The van der Waals surface area contributed by atoms with E-state index in [2.05, 4.69) is 19.2 Å².